The van der Waals surface area contributed by atoms with Crippen molar-refractivity contribution >= 4 is 5.91 Å². The van der Waals surface area contributed by atoms with Gasteiger partial charge < -0.3 is 10.1 Å². The van der Waals surface area contributed by atoms with Gasteiger partial charge in [0.15, 0.2) is 0 Å². The van der Waals surface area contributed by atoms with Crippen molar-refractivity contribution in [1.82, 2.24) is 10.2 Å². The average Bonchev–Trinajstić information content (AvgIpc) is 2.47. The fraction of sp³-hybridized carbons (Fsp3) is 0.533. The second-order valence-electron chi connectivity index (χ2n) is 5.08. The van der Waals surface area contributed by atoms with E-state index in [1.54, 1.807) is 0 Å². The third kappa shape index (κ3) is 5.40. The molecule has 1 amide bonds. The van der Waals surface area contributed by atoms with Crippen molar-refractivity contribution in [2.24, 2.45) is 0 Å². The minimum atomic E-state index is -0.743. The Labute approximate surface area is 123 Å². The van der Waals surface area contributed by atoms with Crippen LogP contribution in [0.5, 0.6) is 0 Å². The molecule has 4 nitrogen and oxygen atoms in total. The molecule has 1 N–H and O–H groups in total. The van der Waals surface area contributed by atoms with Crippen LogP contribution in [0.2, 0.25) is 0 Å². The first-order valence-electron chi connectivity index (χ1n) is 7.19. The quantitative estimate of drug-likeness (QED) is 0.814. The van der Waals surface area contributed by atoms with E-state index in [-0.39, 0.29) is 5.56 Å². The number of hydrogen-bond donors (Lipinski definition) is 1. The number of halogens is 2. The number of carbonyl (C=O) groups excluding carboxylic acids is 1. The Morgan fingerprint density at radius 2 is 1.81 bits per heavy atom. The van der Waals surface area contributed by atoms with Crippen LogP contribution >= 0.6 is 0 Å². The lowest BCUT2D eigenvalue weighted by Crippen LogP contribution is -2.37. The van der Waals surface area contributed by atoms with Gasteiger partial charge in [-0.15, -0.1) is 0 Å². The zero-order chi connectivity index (χ0) is 15.1. The maximum atomic E-state index is 13.0. The van der Waals surface area contributed by atoms with Crippen LogP contribution in [0.4, 0.5) is 8.78 Å². The number of benzene rings is 1. The molecule has 1 aliphatic heterocycles. The fourth-order valence-electron chi connectivity index (χ4n) is 2.27. The van der Waals surface area contributed by atoms with Crippen molar-refractivity contribution in [3.63, 3.8) is 0 Å². The average molecular weight is 298 g/mol. The van der Waals surface area contributed by atoms with Crippen LogP contribution in [-0.4, -0.2) is 50.2 Å². The number of hydrogen-bond acceptors (Lipinski definition) is 3. The Kier molecular flexibility index (Phi) is 6.07. The van der Waals surface area contributed by atoms with Crippen molar-refractivity contribution < 1.29 is 18.3 Å². The van der Waals surface area contributed by atoms with Gasteiger partial charge in [0.25, 0.3) is 5.91 Å². The molecule has 2 rings (SSSR count). The van der Waals surface area contributed by atoms with Gasteiger partial charge in [-0.2, -0.15) is 0 Å². The maximum absolute atomic E-state index is 13.0. The predicted octanol–water partition coefficient (Wildman–Crippen LogP) is 1.81. The molecule has 0 unspecified atom stereocenters. The zero-order valence-corrected chi connectivity index (χ0v) is 11.9. The second-order valence-corrected chi connectivity index (χ2v) is 5.08. The summed E-state index contributed by atoms with van der Waals surface area (Å²) >= 11 is 0. The highest BCUT2D eigenvalue weighted by Crippen LogP contribution is 2.08. The fourth-order valence-corrected chi connectivity index (χ4v) is 2.27. The lowest BCUT2D eigenvalue weighted by atomic mass is 10.2. The molecule has 0 atom stereocenters. The first kappa shape index (κ1) is 15.9. The Balaban J connectivity index is 1.64. The van der Waals surface area contributed by atoms with Crippen molar-refractivity contribution in [1.29, 1.82) is 0 Å². The van der Waals surface area contributed by atoms with E-state index in [1.165, 1.54) is 0 Å². The molecule has 21 heavy (non-hydrogen) atoms. The van der Waals surface area contributed by atoms with Crippen LogP contribution in [0.3, 0.4) is 0 Å². The standard InChI is InChI=1S/C15H20F2N2O2/c16-13-9-12(10-14(17)11-13)15(20)18-3-1-2-4-19-5-7-21-8-6-19/h9-11H,1-8H2,(H,18,20). The highest BCUT2D eigenvalue weighted by Gasteiger charge is 2.10. The predicted molar refractivity (Wildman–Crippen MR) is 75.2 cm³/mol. The molecule has 1 aromatic rings. The topological polar surface area (TPSA) is 41.6 Å². The van der Waals surface area contributed by atoms with Crippen molar-refractivity contribution in [3.05, 3.63) is 35.4 Å². The van der Waals surface area contributed by atoms with Gasteiger partial charge in [0.2, 0.25) is 0 Å². The van der Waals surface area contributed by atoms with E-state index >= 15 is 0 Å². The molecule has 0 aliphatic carbocycles. The lowest BCUT2D eigenvalue weighted by Gasteiger charge is -2.26. The van der Waals surface area contributed by atoms with Crippen LogP contribution < -0.4 is 5.32 Å². The summed E-state index contributed by atoms with van der Waals surface area (Å²) in [5.41, 5.74) is 0.0145. The number of morpholine rings is 1. The van der Waals surface area contributed by atoms with Crippen LogP contribution in [0.1, 0.15) is 23.2 Å². The number of carbonyl (C=O) groups is 1. The summed E-state index contributed by atoms with van der Waals surface area (Å²) < 4.78 is 31.3. The highest BCUT2D eigenvalue weighted by molar-refractivity contribution is 5.94. The molecule has 0 spiro atoms. The van der Waals surface area contributed by atoms with E-state index in [0.717, 1.165) is 63.9 Å². The molecular formula is C15H20F2N2O2. The molecule has 1 saturated heterocycles. The Hall–Kier alpha value is -1.53. The molecule has 0 saturated carbocycles. The van der Waals surface area contributed by atoms with E-state index in [1.807, 2.05) is 0 Å². The van der Waals surface area contributed by atoms with Crippen molar-refractivity contribution in [2.45, 2.75) is 12.8 Å². The summed E-state index contributed by atoms with van der Waals surface area (Å²) in [7, 11) is 0. The van der Waals surface area contributed by atoms with E-state index < -0.39 is 17.5 Å². The third-order valence-electron chi connectivity index (χ3n) is 3.42. The lowest BCUT2D eigenvalue weighted by molar-refractivity contribution is 0.0372. The van der Waals surface area contributed by atoms with Crippen molar-refractivity contribution in [3.8, 4) is 0 Å². The Morgan fingerprint density at radius 3 is 2.48 bits per heavy atom. The molecule has 1 heterocycles. The van der Waals surface area contributed by atoms with Gasteiger partial charge in [-0.3, -0.25) is 9.69 Å². The number of unbranched alkanes of at least 4 members (excludes halogenated alkanes) is 1. The minimum Gasteiger partial charge on any atom is -0.379 e. The van der Waals surface area contributed by atoms with E-state index in [9.17, 15) is 13.6 Å². The summed E-state index contributed by atoms with van der Waals surface area (Å²) in [6, 6.07) is 2.82. The molecule has 0 radical (unpaired) electrons. The molecule has 6 heteroatoms. The third-order valence-corrected chi connectivity index (χ3v) is 3.42. The molecule has 0 aromatic heterocycles. The second kappa shape index (κ2) is 8.05. The van der Waals surface area contributed by atoms with Crippen LogP contribution in [0, 0.1) is 11.6 Å². The Morgan fingerprint density at radius 1 is 1.14 bits per heavy atom. The SMILES string of the molecule is O=C(NCCCCN1CCOCC1)c1cc(F)cc(F)c1. The molecular weight excluding hydrogens is 278 g/mol. The molecule has 0 bridgehead atoms. The largest absolute Gasteiger partial charge is 0.379 e. The number of nitrogens with zero attached hydrogens (tertiary/aromatic N) is 1. The highest BCUT2D eigenvalue weighted by atomic mass is 19.1. The van der Waals surface area contributed by atoms with Gasteiger partial charge in [-0.1, -0.05) is 0 Å². The van der Waals surface area contributed by atoms with Gasteiger partial charge >= 0.3 is 0 Å². The summed E-state index contributed by atoms with van der Waals surface area (Å²) in [5.74, 6) is -1.93. The first-order valence-corrected chi connectivity index (χ1v) is 7.19. The number of ether oxygens (including phenoxy) is 1. The number of amides is 1. The summed E-state index contributed by atoms with van der Waals surface area (Å²) in [4.78, 5) is 14.1. The minimum absolute atomic E-state index is 0.0145. The molecule has 1 fully saturated rings. The van der Waals surface area contributed by atoms with Gasteiger partial charge in [-0.05, 0) is 31.5 Å². The zero-order valence-electron chi connectivity index (χ0n) is 11.9. The van der Waals surface area contributed by atoms with Crippen LogP contribution in [0.25, 0.3) is 0 Å². The number of nitrogens with one attached hydrogen (secondary N) is 1. The van der Waals surface area contributed by atoms with E-state index in [0.29, 0.717) is 6.54 Å². The molecule has 1 aliphatic rings. The van der Waals surface area contributed by atoms with E-state index in [2.05, 4.69) is 10.2 Å². The maximum Gasteiger partial charge on any atom is 0.251 e. The molecule has 1 aromatic carbocycles. The summed E-state index contributed by atoms with van der Waals surface area (Å²) in [5, 5.41) is 2.68. The van der Waals surface area contributed by atoms with Gasteiger partial charge in [0.1, 0.15) is 11.6 Å². The summed E-state index contributed by atoms with van der Waals surface area (Å²) in [6.07, 6.45) is 1.80. The van der Waals surface area contributed by atoms with Gasteiger partial charge in [0, 0.05) is 31.3 Å². The summed E-state index contributed by atoms with van der Waals surface area (Å²) in [6.45, 7) is 4.95. The monoisotopic (exact) mass is 298 g/mol. The normalized spacial score (nSPS) is 15.9. The first-order chi connectivity index (χ1) is 10.1. The Bertz CT molecular complexity index is 456. The number of rotatable bonds is 6. The van der Waals surface area contributed by atoms with Crippen LogP contribution in [0.15, 0.2) is 18.2 Å². The van der Waals surface area contributed by atoms with Gasteiger partial charge in [0.05, 0.1) is 13.2 Å². The van der Waals surface area contributed by atoms with Gasteiger partial charge in [-0.25, -0.2) is 8.78 Å². The van der Waals surface area contributed by atoms with Crippen LogP contribution in [-0.2, 0) is 4.74 Å². The smallest absolute Gasteiger partial charge is 0.251 e. The van der Waals surface area contributed by atoms with Crippen molar-refractivity contribution in [2.75, 3.05) is 39.4 Å². The van der Waals surface area contributed by atoms with E-state index in [4.69, 9.17) is 4.74 Å². The molecule has 116 valence electrons.